The fraction of sp³-hybridized carbons (Fsp3) is 0.917. The highest BCUT2D eigenvalue weighted by Crippen LogP contribution is 2.42. The lowest BCUT2D eigenvalue weighted by molar-refractivity contribution is -0.117. The van der Waals surface area contributed by atoms with Crippen molar-refractivity contribution < 1.29 is 4.79 Å². The van der Waals surface area contributed by atoms with Gasteiger partial charge in [0.2, 0.25) is 0 Å². The van der Waals surface area contributed by atoms with Gasteiger partial charge in [-0.05, 0) is 30.1 Å². The topological polar surface area (TPSA) is 17.1 Å². The van der Waals surface area contributed by atoms with Crippen LogP contribution in [0.4, 0.5) is 0 Å². The second kappa shape index (κ2) is 3.81. The van der Waals surface area contributed by atoms with Gasteiger partial charge in [0.15, 0.2) is 0 Å². The van der Waals surface area contributed by atoms with Crippen molar-refractivity contribution in [3.05, 3.63) is 0 Å². The van der Waals surface area contributed by atoms with Gasteiger partial charge in [-0.2, -0.15) is 0 Å². The maximum absolute atomic E-state index is 11.2. The minimum atomic E-state index is 0.361. The van der Waals surface area contributed by atoms with Gasteiger partial charge in [-0.25, -0.2) is 0 Å². The number of ketones is 1. The zero-order valence-electron chi connectivity index (χ0n) is 9.39. The summed E-state index contributed by atoms with van der Waals surface area (Å²) in [7, 11) is 0. The summed E-state index contributed by atoms with van der Waals surface area (Å²) in [6.45, 7) is 9.16. The highest BCUT2D eigenvalue weighted by molar-refractivity contribution is 5.80. The molecule has 0 heterocycles. The van der Waals surface area contributed by atoms with Gasteiger partial charge >= 0.3 is 0 Å². The van der Waals surface area contributed by atoms with Crippen molar-refractivity contribution in [1.29, 1.82) is 0 Å². The van der Waals surface area contributed by atoms with E-state index in [1.807, 2.05) is 0 Å². The Bertz CT molecular complexity index is 191. The molecule has 1 heteroatoms. The molecule has 0 aromatic carbocycles. The van der Waals surface area contributed by atoms with Crippen molar-refractivity contribution in [1.82, 2.24) is 0 Å². The standard InChI is InChI=1S/C12H22O/c1-9(2)8-12(3,4)10-5-6-11(13)7-10/h9-10H,5-8H2,1-4H3. The Hall–Kier alpha value is -0.330. The van der Waals surface area contributed by atoms with Crippen molar-refractivity contribution >= 4 is 5.78 Å². The first-order chi connectivity index (χ1) is 5.92. The van der Waals surface area contributed by atoms with E-state index in [0.29, 0.717) is 17.1 Å². The van der Waals surface area contributed by atoms with Crippen LogP contribution in [0.2, 0.25) is 0 Å². The van der Waals surface area contributed by atoms with Gasteiger partial charge in [0, 0.05) is 12.8 Å². The predicted molar refractivity (Wildman–Crippen MR) is 55.6 cm³/mol. The molecule has 1 nitrogen and oxygen atoms in total. The van der Waals surface area contributed by atoms with Gasteiger partial charge < -0.3 is 0 Å². The summed E-state index contributed by atoms with van der Waals surface area (Å²) in [6.07, 6.45) is 4.02. The van der Waals surface area contributed by atoms with Crippen molar-refractivity contribution in [2.45, 2.75) is 53.4 Å². The molecular formula is C12H22O. The Labute approximate surface area is 81.9 Å². The highest BCUT2D eigenvalue weighted by atomic mass is 16.1. The van der Waals surface area contributed by atoms with Crippen LogP contribution < -0.4 is 0 Å². The van der Waals surface area contributed by atoms with Crippen LogP contribution in [0.15, 0.2) is 0 Å². The first-order valence-corrected chi connectivity index (χ1v) is 5.43. The zero-order chi connectivity index (χ0) is 10.1. The normalized spacial score (nSPS) is 24.4. The molecule has 0 aromatic rings. The van der Waals surface area contributed by atoms with E-state index < -0.39 is 0 Å². The quantitative estimate of drug-likeness (QED) is 0.653. The van der Waals surface area contributed by atoms with Crippen LogP contribution in [0.1, 0.15) is 53.4 Å². The van der Waals surface area contributed by atoms with Gasteiger partial charge in [0.25, 0.3) is 0 Å². The van der Waals surface area contributed by atoms with E-state index in [1.54, 1.807) is 0 Å². The third-order valence-corrected chi connectivity index (χ3v) is 3.29. The molecule has 1 saturated carbocycles. The molecule has 0 radical (unpaired) electrons. The van der Waals surface area contributed by atoms with E-state index in [4.69, 9.17) is 0 Å². The predicted octanol–water partition coefficient (Wildman–Crippen LogP) is 3.43. The summed E-state index contributed by atoms with van der Waals surface area (Å²) in [5.41, 5.74) is 0.361. The molecule has 76 valence electrons. The number of hydrogen-bond acceptors (Lipinski definition) is 1. The van der Waals surface area contributed by atoms with Gasteiger partial charge in [-0.15, -0.1) is 0 Å². The molecule has 1 aliphatic rings. The van der Waals surface area contributed by atoms with Crippen LogP contribution in [0.3, 0.4) is 0 Å². The van der Waals surface area contributed by atoms with E-state index >= 15 is 0 Å². The van der Waals surface area contributed by atoms with E-state index in [2.05, 4.69) is 27.7 Å². The fourth-order valence-electron chi connectivity index (χ4n) is 2.70. The summed E-state index contributed by atoms with van der Waals surface area (Å²) in [5, 5.41) is 0. The third-order valence-electron chi connectivity index (χ3n) is 3.29. The minimum Gasteiger partial charge on any atom is -0.300 e. The Morgan fingerprint density at radius 2 is 2.08 bits per heavy atom. The number of carbonyl (C=O) groups excluding carboxylic acids is 1. The van der Waals surface area contributed by atoms with Crippen LogP contribution in [0.5, 0.6) is 0 Å². The van der Waals surface area contributed by atoms with Crippen molar-refractivity contribution in [3.8, 4) is 0 Å². The van der Waals surface area contributed by atoms with Crippen molar-refractivity contribution in [2.75, 3.05) is 0 Å². The van der Waals surface area contributed by atoms with Crippen molar-refractivity contribution in [2.24, 2.45) is 17.3 Å². The summed E-state index contributed by atoms with van der Waals surface area (Å²) in [4.78, 5) is 11.2. The minimum absolute atomic E-state index is 0.361. The lowest BCUT2D eigenvalue weighted by Crippen LogP contribution is -2.24. The maximum atomic E-state index is 11.2. The molecule has 0 spiro atoms. The molecule has 1 aliphatic carbocycles. The Kier molecular flexibility index (Phi) is 3.15. The average molecular weight is 182 g/mol. The van der Waals surface area contributed by atoms with Crippen LogP contribution in [0.25, 0.3) is 0 Å². The Morgan fingerprint density at radius 3 is 2.46 bits per heavy atom. The van der Waals surface area contributed by atoms with E-state index in [9.17, 15) is 4.79 Å². The second-order valence-electron chi connectivity index (χ2n) is 5.56. The second-order valence-corrected chi connectivity index (χ2v) is 5.56. The van der Waals surface area contributed by atoms with E-state index in [-0.39, 0.29) is 0 Å². The smallest absolute Gasteiger partial charge is 0.133 e. The molecule has 1 unspecified atom stereocenters. The molecule has 1 fully saturated rings. The molecule has 1 atom stereocenters. The van der Waals surface area contributed by atoms with E-state index in [0.717, 1.165) is 25.2 Å². The lowest BCUT2D eigenvalue weighted by atomic mass is 9.72. The third kappa shape index (κ3) is 2.82. The Balaban J connectivity index is 2.53. The highest BCUT2D eigenvalue weighted by Gasteiger charge is 2.35. The molecule has 0 aromatic heterocycles. The SMILES string of the molecule is CC(C)CC(C)(C)C1CCC(=O)C1. The molecule has 0 bridgehead atoms. The number of carbonyl (C=O) groups is 1. The molecule has 0 aliphatic heterocycles. The van der Waals surface area contributed by atoms with E-state index in [1.165, 1.54) is 6.42 Å². The monoisotopic (exact) mass is 182 g/mol. The van der Waals surface area contributed by atoms with Gasteiger partial charge in [-0.3, -0.25) is 4.79 Å². The summed E-state index contributed by atoms with van der Waals surface area (Å²) < 4.78 is 0. The van der Waals surface area contributed by atoms with Gasteiger partial charge in [0.1, 0.15) is 5.78 Å². The average Bonchev–Trinajstić information content (AvgIpc) is 2.32. The summed E-state index contributed by atoms with van der Waals surface area (Å²) in [6, 6.07) is 0. The lowest BCUT2D eigenvalue weighted by Gasteiger charge is -2.32. The van der Waals surface area contributed by atoms with Gasteiger partial charge in [0.05, 0.1) is 0 Å². The fourth-order valence-corrected chi connectivity index (χ4v) is 2.70. The van der Waals surface area contributed by atoms with Gasteiger partial charge in [-0.1, -0.05) is 27.7 Å². The van der Waals surface area contributed by atoms with Crippen LogP contribution in [-0.4, -0.2) is 5.78 Å². The number of hydrogen-bond donors (Lipinski definition) is 0. The molecule has 0 saturated heterocycles. The van der Waals surface area contributed by atoms with Crippen LogP contribution >= 0.6 is 0 Å². The molecule has 0 amide bonds. The largest absolute Gasteiger partial charge is 0.300 e. The number of rotatable bonds is 3. The molecule has 0 N–H and O–H groups in total. The zero-order valence-corrected chi connectivity index (χ0v) is 9.39. The maximum Gasteiger partial charge on any atom is 0.133 e. The summed E-state index contributed by atoms with van der Waals surface area (Å²) >= 11 is 0. The first kappa shape index (κ1) is 10.7. The Morgan fingerprint density at radius 1 is 1.46 bits per heavy atom. The molecule has 1 rings (SSSR count). The van der Waals surface area contributed by atoms with Crippen LogP contribution in [-0.2, 0) is 4.79 Å². The summed E-state index contributed by atoms with van der Waals surface area (Å²) in [5.74, 6) is 1.86. The number of Topliss-reactive ketones (excluding diaryl/α,β-unsaturated/α-hetero) is 1. The molecule has 13 heavy (non-hydrogen) atoms. The van der Waals surface area contributed by atoms with Crippen molar-refractivity contribution in [3.63, 3.8) is 0 Å². The molecular weight excluding hydrogens is 160 g/mol. The van der Waals surface area contributed by atoms with Crippen LogP contribution in [0, 0.1) is 17.3 Å². The first-order valence-electron chi connectivity index (χ1n) is 5.43.